The summed E-state index contributed by atoms with van der Waals surface area (Å²) in [6, 6.07) is 7.36. The van der Waals surface area contributed by atoms with Crippen LogP contribution in [-0.2, 0) is 0 Å². The Balaban J connectivity index is 1.97. The van der Waals surface area contributed by atoms with Crippen LogP contribution in [0.1, 0.15) is 0 Å². The number of anilines is 1. The molecule has 2 nitrogen and oxygen atoms in total. The van der Waals surface area contributed by atoms with E-state index in [9.17, 15) is 17.6 Å². The van der Waals surface area contributed by atoms with Crippen LogP contribution in [-0.4, -0.2) is 13.2 Å². The lowest BCUT2D eigenvalue weighted by atomic mass is 10.3. The van der Waals surface area contributed by atoms with Crippen molar-refractivity contribution in [2.45, 2.75) is 0 Å². The van der Waals surface area contributed by atoms with Crippen molar-refractivity contribution >= 4 is 21.6 Å². The summed E-state index contributed by atoms with van der Waals surface area (Å²) in [5, 5.41) is 2.95. The average molecular weight is 364 g/mol. The summed E-state index contributed by atoms with van der Waals surface area (Å²) in [7, 11) is 0. The molecule has 2 rings (SSSR count). The third-order valence-electron chi connectivity index (χ3n) is 2.61. The molecule has 0 atom stereocenters. The van der Waals surface area contributed by atoms with Gasteiger partial charge in [0.1, 0.15) is 6.61 Å². The standard InChI is InChI=1S/C14H10BrF4NO/c15-8-3-1-2-4-11(8)20-5-6-21-14-12(18)9(16)7-10(17)13(14)19/h1-4,7,20H,5-6H2. The van der Waals surface area contributed by atoms with Crippen LogP contribution in [0.2, 0.25) is 0 Å². The molecule has 0 heterocycles. The minimum atomic E-state index is -1.55. The van der Waals surface area contributed by atoms with Crippen LogP contribution in [0.15, 0.2) is 34.8 Å². The van der Waals surface area contributed by atoms with Gasteiger partial charge in [0.05, 0.1) is 0 Å². The molecule has 0 saturated heterocycles. The molecule has 0 aliphatic rings. The van der Waals surface area contributed by atoms with Crippen LogP contribution in [0.25, 0.3) is 0 Å². The van der Waals surface area contributed by atoms with Crippen molar-refractivity contribution in [3.8, 4) is 5.75 Å². The second-order valence-corrected chi connectivity index (χ2v) is 4.91. The summed E-state index contributed by atoms with van der Waals surface area (Å²) >= 11 is 3.31. The highest BCUT2D eigenvalue weighted by Crippen LogP contribution is 2.26. The van der Waals surface area contributed by atoms with E-state index in [1.807, 2.05) is 12.1 Å². The highest BCUT2D eigenvalue weighted by atomic mass is 79.9. The van der Waals surface area contributed by atoms with Gasteiger partial charge in [0, 0.05) is 22.8 Å². The van der Waals surface area contributed by atoms with E-state index in [0.717, 1.165) is 10.2 Å². The predicted octanol–water partition coefficient (Wildman–Crippen LogP) is 4.50. The lowest BCUT2D eigenvalue weighted by Gasteiger charge is -2.11. The van der Waals surface area contributed by atoms with Crippen LogP contribution in [0.4, 0.5) is 23.2 Å². The number of hydrogen-bond donors (Lipinski definition) is 1. The lowest BCUT2D eigenvalue weighted by Crippen LogP contribution is -2.14. The molecule has 2 aromatic carbocycles. The summed E-state index contributed by atoms with van der Waals surface area (Å²) in [5.74, 6) is -7.14. The number of hydrogen-bond acceptors (Lipinski definition) is 2. The summed E-state index contributed by atoms with van der Waals surface area (Å²) < 4.78 is 58.2. The molecule has 0 spiro atoms. The van der Waals surface area contributed by atoms with Gasteiger partial charge in [-0.2, -0.15) is 8.78 Å². The fourth-order valence-corrected chi connectivity index (χ4v) is 2.05. The van der Waals surface area contributed by atoms with Crippen molar-refractivity contribution in [3.63, 3.8) is 0 Å². The van der Waals surface area contributed by atoms with Gasteiger partial charge in [-0.25, -0.2) is 8.78 Å². The van der Waals surface area contributed by atoms with Crippen LogP contribution < -0.4 is 10.1 Å². The fourth-order valence-electron chi connectivity index (χ4n) is 1.62. The summed E-state index contributed by atoms with van der Waals surface area (Å²) in [6.07, 6.45) is 0. The Hall–Kier alpha value is -1.76. The second kappa shape index (κ2) is 6.80. The second-order valence-electron chi connectivity index (χ2n) is 4.05. The Bertz CT molecular complexity index is 625. The third-order valence-corrected chi connectivity index (χ3v) is 3.30. The smallest absolute Gasteiger partial charge is 0.203 e. The first kappa shape index (κ1) is 15.6. The Kier molecular flexibility index (Phi) is 5.06. The van der Waals surface area contributed by atoms with Gasteiger partial charge in [0.25, 0.3) is 0 Å². The maximum Gasteiger partial charge on any atom is 0.203 e. The zero-order chi connectivity index (χ0) is 15.4. The van der Waals surface area contributed by atoms with Gasteiger partial charge in [0.15, 0.2) is 17.4 Å². The molecule has 0 saturated carbocycles. The molecule has 7 heteroatoms. The largest absolute Gasteiger partial charge is 0.486 e. The first-order valence-electron chi connectivity index (χ1n) is 5.95. The Morgan fingerprint density at radius 3 is 2.24 bits per heavy atom. The van der Waals surface area contributed by atoms with Crippen LogP contribution in [0, 0.1) is 23.3 Å². The number of ether oxygens (including phenoxy) is 1. The molecule has 0 fully saturated rings. The molecule has 0 radical (unpaired) electrons. The van der Waals surface area contributed by atoms with E-state index in [1.165, 1.54) is 0 Å². The van der Waals surface area contributed by atoms with E-state index in [2.05, 4.69) is 21.2 Å². The molecule has 0 aliphatic heterocycles. The van der Waals surface area contributed by atoms with Crippen molar-refractivity contribution < 1.29 is 22.3 Å². The van der Waals surface area contributed by atoms with E-state index >= 15 is 0 Å². The lowest BCUT2D eigenvalue weighted by molar-refractivity contribution is 0.282. The van der Waals surface area contributed by atoms with E-state index in [0.29, 0.717) is 0 Å². The maximum absolute atomic E-state index is 13.3. The molecule has 0 aliphatic carbocycles. The zero-order valence-electron chi connectivity index (χ0n) is 10.6. The van der Waals surface area contributed by atoms with Gasteiger partial charge in [0.2, 0.25) is 11.6 Å². The van der Waals surface area contributed by atoms with Crippen molar-refractivity contribution in [1.82, 2.24) is 0 Å². The van der Waals surface area contributed by atoms with Gasteiger partial charge in [-0.05, 0) is 28.1 Å². The molecular formula is C14H10BrF4NO. The molecule has 112 valence electrons. The third kappa shape index (κ3) is 3.66. The Labute approximate surface area is 126 Å². The number of para-hydroxylation sites is 1. The molecular weight excluding hydrogens is 354 g/mol. The molecule has 21 heavy (non-hydrogen) atoms. The van der Waals surface area contributed by atoms with E-state index in [4.69, 9.17) is 4.74 Å². The van der Waals surface area contributed by atoms with Crippen LogP contribution in [0.3, 0.4) is 0 Å². The number of rotatable bonds is 5. The molecule has 0 amide bonds. The van der Waals surface area contributed by atoms with Gasteiger partial charge in [-0.15, -0.1) is 0 Å². The summed E-state index contributed by atoms with van der Waals surface area (Å²) in [4.78, 5) is 0. The first-order chi connectivity index (χ1) is 10.0. The highest BCUT2D eigenvalue weighted by Gasteiger charge is 2.20. The fraction of sp³-hybridized carbons (Fsp3) is 0.143. The van der Waals surface area contributed by atoms with Gasteiger partial charge in [-0.3, -0.25) is 0 Å². The quantitative estimate of drug-likeness (QED) is 0.479. The molecule has 0 aromatic heterocycles. The molecule has 0 bridgehead atoms. The summed E-state index contributed by atoms with van der Waals surface area (Å²) in [5.41, 5.74) is 0.757. The minimum absolute atomic E-state index is 0.136. The zero-order valence-corrected chi connectivity index (χ0v) is 12.2. The monoisotopic (exact) mass is 363 g/mol. The van der Waals surface area contributed by atoms with Crippen molar-refractivity contribution in [3.05, 3.63) is 58.1 Å². The average Bonchev–Trinajstić information content (AvgIpc) is 2.46. The van der Waals surface area contributed by atoms with Gasteiger partial charge >= 0.3 is 0 Å². The highest BCUT2D eigenvalue weighted by molar-refractivity contribution is 9.10. The minimum Gasteiger partial charge on any atom is -0.486 e. The van der Waals surface area contributed by atoms with Gasteiger partial charge in [-0.1, -0.05) is 12.1 Å². The van der Waals surface area contributed by atoms with Crippen LogP contribution >= 0.6 is 15.9 Å². The van der Waals surface area contributed by atoms with E-state index in [-0.39, 0.29) is 19.2 Å². The van der Waals surface area contributed by atoms with Crippen molar-refractivity contribution in [2.75, 3.05) is 18.5 Å². The maximum atomic E-state index is 13.3. The first-order valence-corrected chi connectivity index (χ1v) is 6.74. The Morgan fingerprint density at radius 2 is 1.62 bits per heavy atom. The molecule has 0 unspecified atom stereocenters. The number of halogens is 5. The van der Waals surface area contributed by atoms with Crippen molar-refractivity contribution in [2.24, 2.45) is 0 Å². The molecule has 2 aromatic rings. The van der Waals surface area contributed by atoms with E-state index in [1.54, 1.807) is 12.1 Å². The Morgan fingerprint density at radius 1 is 1.00 bits per heavy atom. The number of benzene rings is 2. The SMILES string of the molecule is Fc1cc(F)c(F)c(OCCNc2ccccc2Br)c1F. The topological polar surface area (TPSA) is 21.3 Å². The van der Waals surface area contributed by atoms with Crippen LogP contribution in [0.5, 0.6) is 5.75 Å². The van der Waals surface area contributed by atoms with Crippen molar-refractivity contribution in [1.29, 1.82) is 0 Å². The molecule has 1 N–H and O–H groups in total. The normalized spacial score (nSPS) is 10.5. The van der Waals surface area contributed by atoms with Gasteiger partial charge < -0.3 is 10.1 Å². The number of nitrogens with one attached hydrogen (secondary N) is 1. The predicted molar refractivity (Wildman–Crippen MR) is 74.4 cm³/mol. The summed E-state index contributed by atoms with van der Waals surface area (Å²) in [6.45, 7) is 0.0255. The van der Waals surface area contributed by atoms with E-state index < -0.39 is 29.0 Å².